The number of hydrogen-bond donors (Lipinski definition) is 1. The second-order valence-corrected chi connectivity index (χ2v) is 5.63. The SMILES string of the molecule is CNC(c1cccc(Cl)c1)c1sc(C)nc1C. The van der Waals surface area contributed by atoms with Gasteiger partial charge in [0.25, 0.3) is 0 Å². The number of aryl methyl sites for hydroxylation is 2. The molecule has 0 bridgehead atoms. The van der Waals surface area contributed by atoms with Crippen LogP contribution in [0.4, 0.5) is 0 Å². The van der Waals surface area contributed by atoms with Gasteiger partial charge >= 0.3 is 0 Å². The van der Waals surface area contributed by atoms with E-state index in [1.165, 1.54) is 10.4 Å². The summed E-state index contributed by atoms with van der Waals surface area (Å²) < 4.78 is 0. The molecule has 1 heterocycles. The number of hydrogen-bond acceptors (Lipinski definition) is 3. The zero-order valence-corrected chi connectivity index (χ0v) is 11.7. The summed E-state index contributed by atoms with van der Waals surface area (Å²) in [4.78, 5) is 5.73. The average Bonchev–Trinajstić information content (AvgIpc) is 2.59. The Morgan fingerprint density at radius 1 is 1.35 bits per heavy atom. The van der Waals surface area contributed by atoms with E-state index in [-0.39, 0.29) is 6.04 Å². The smallest absolute Gasteiger partial charge is 0.0900 e. The lowest BCUT2D eigenvalue weighted by Crippen LogP contribution is -2.17. The van der Waals surface area contributed by atoms with Crippen LogP contribution in [0.1, 0.15) is 27.2 Å². The Labute approximate surface area is 111 Å². The molecule has 2 nitrogen and oxygen atoms in total. The molecule has 0 spiro atoms. The molecule has 0 saturated carbocycles. The van der Waals surface area contributed by atoms with Crippen molar-refractivity contribution in [2.75, 3.05) is 7.05 Å². The zero-order valence-electron chi connectivity index (χ0n) is 10.1. The van der Waals surface area contributed by atoms with Crippen LogP contribution >= 0.6 is 22.9 Å². The number of rotatable bonds is 3. The summed E-state index contributed by atoms with van der Waals surface area (Å²) in [5, 5.41) is 5.19. The molecular weight excluding hydrogens is 252 g/mol. The van der Waals surface area contributed by atoms with Crippen LogP contribution in [-0.4, -0.2) is 12.0 Å². The van der Waals surface area contributed by atoms with Gasteiger partial charge in [-0.3, -0.25) is 0 Å². The van der Waals surface area contributed by atoms with Gasteiger partial charge < -0.3 is 5.32 Å². The molecule has 1 aromatic heterocycles. The van der Waals surface area contributed by atoms with Crippen LogP contribution in [0, 0.1) is 13.8 Å². The molecule has 0 aliphatic carbocycles. The fourth-order valence-corrected chi connectivity index (χ4v) is 3.21. The Bertz CT molecular complexity index is 522. The normalized spacial score (nSPS) is 12.7. The second-order valence-electron chi connectivity index (χ2n) is 3.96. The van der Waals surface area contributed by atoms with E-state index in [0.717, 1.165) is 15.7 Å². The van der Waals surface area contributed by atoms with Crippen LogP contribution in [0.2, 0.25) is 5.02 Å². The van der Waals surface area contributed by atoms with Crippen LogP contribution in [0.3, 0.4) is 0 Å². The zero-order chi connectivity index (χ0) is 12.4. The summed E-state index contributed by atoms with van der Waals surface area (Å²) in [6.07, 6.45) is 0. The molecule has 1 atom stereocenters. The molecule has 0 aliphatic heterocycles. The summed E-state index contributed by atoms with van der Waals surface area (Å²) in [5.74, 6) is 0. The Kier molecular flexibility index (Phi) is 3.82. The van der Waals surface area contributed by atoms with Crippen molar-refractivity contribution in [1.82, 2.24) is 10.3 Å². The van der Waals surface area contributed by atoms with Gasteiger partial charge in [-0.05, 0) is 38.6 Å². The van der Waals surface area contributed by atoms with Gasteiger partial charge in [0.05, 0.1) is 16.7 Å². The average molecular weight is 267 g/mol. The van der Waals surface area contributed by atoms with E-state index >= 15 is 0 Å². The molecule has 0 saturated heterocycles. The van der Waals surface area contributed by atoms with Crippen molar-refractivity contribution in [1.29, 1.82) is 0 Å². The predicted molar refractivity (Wildman–Crippen MR) is 73.9 cm³/mol. The molecule has 1 unspecified atom stereocenters. The number of halogens is 1. The maximum Gasteiger partial charge on any atom is 0.0900 e. The molecule has 2 aromatic rings. The van der Waals surface area contributed by atoms with Crippen LogP contribution in [0.5, 0.6) is 0 Å². The van der Waals surface area contributed by atoms with Crippen LogP contribution < -0.4 is 5.32 Å². The first-order chi connectivity index (χ1) is 8.11. The van der Waals surface area contributed by atoms with E-state index in [1.54, 1.807) is 11.3 Å². The number of nitrogens with one attached hydrogen (secondary N) is 1. The quantitative estimate of drug-likeness (QED) is 0.916. The van der Waals surface area contributed by atoms with Gasteiger partial charge in [-0.25, -0.2) is 4.98 Å². The van der Waals surface area contributed by atoms with Crippen molar-refractivity contribution >= 4 is 22.9 Å². The van der Waals surface area contributed by atoms with Gasteiger partial charge in [0.1, 0.15) is 0 Å². The predicted octanol–water partition coefficient (Wildman–Crippen LogP) is 3.72. The summed E-state index contributed by atoms with van der Waals surface area (Å²) in [7, 11) is 1.96. The summed E-state index contributed by atoms with van der Waals surface area (Å²) in [6, 6.07) is 8.12. The molecule has 4 heteroatoms. The first kappa shape index (κ1) is 12.6. The maximum atomic E-state index is 6.04. The first-order valence-electron chi connectivity index (χ1n) is 5.48. The largest absolute Gasteiger partial charge is 0.309 e. The fraction of sp³-hybridized carbons (Fsp3) is 0.308. The van der Waals surface area contributed by atoms with Crippen molar-refractivity contribution in [2.24, 2.45) is 0 Å². The van der Waals surface area contributed by atoms with Crippen molar-refractivity contribution in [2.45, 2.75) is 19.9 Å². The third-order valence-electron chi connectivity index (χ3n) is 2.67. The molecular formula is C13H15ClN2S. The van der Waals surface area contributed by atoms with E-state index in [0.29, 0.717) is 0 Å². The Hall–Kier alpha value is -0.900. The van der Waals surface area contributed by atoms with Crippen LogP contribution in [0.15, 0.2) is 24.3 Å². The highest BCUT2D eigenvalue weighted by molar-refractivity contribution is 7.11. The van der Waals surface area contributed by atoms with E-state index in [2.05, 4.69) is 16.4 Å². The van der Waals surface area contributed by atoms with Gasteiger partial charge in [0.15, 0.2) is 0 Å². The Morgan fingerprint density at radius 3 is 2.65 bits per heavy atom. The number of benzene rings is 1. The molecule has 0 radical (unpaired) electrons. The highest BCUT2D eigenvalue weighted by atomic mass is 35.5. The monoisotopic (exact) mass is 266 g/mol. The van der Waals surface area contributed by atoms with Crippen molar-refractivity contribution in [3.8, 4) is 0 Å². The number of thiazole rings is 1. The minimum atomic E-state index is 0.167. The summed E-state index contributed by atoms with van der Waals surface area (Å²) in [5.41, 5.74) is 2.26. The third kappa shape index (κ3) is 2.68. The van der Waals surface area contributed by atoms with Crippen LogP contribution in [0.25, 0.3) is 0 Å². The minimum absolute atomic E-state index is 0.167. The van der Waals surface area contributed by atoms with Gasteiger partial charge in [-0.2, -0.15) is 0 Å². The second kappa shape index (κ2) is 5.17. The molecule has 90 valence electrons. The molecule has 1 N–H and O–H groups in total. The topological polar surface area (TPSA) is 24.9 Å². The van der Waals surface area contributed by atoms with Crippen LogP contribution in [-0.2, 0) is 0 Å². The summed E-state index contributed by atoms with van der Waals surface area (Å²) in [6.45, 7) is 4.08. The molecule has 17 heavy (non-hydrogen) atoms. The van der Waals surface area contributed by atoms with Crippen molar-refractivity contribution in [3.05, 3.63) is 50.4 Å². The Balaban J connectivity index is 2.43. The lowest BCUT2D eigenvalue weighted by Gasteiger charge is -2.15. The van der Waals surface area contributed by atoms with Gasteiger partial charge in [0.2, 0.25) is 0 Å². The summed E-state index contributed by atoms with van der Waals surface area (Å²) >= 11 is 7.77. The van der Waals surface area contributed by atoms with E-state index in [1.807, 2.05) is 39.1 Å². The van der Waals surface area contributed by atoms with E-state index < -0.39 is 0 Å². The van der Waals surface area contributed by atoms with Gasteiger partial charge in [-0.1, -0.05) is 23.7 Å². The van der Waals surface area contributed by atoms with E-state index in [9.17, 15) is 0 Å². The molecule has 0 fully saturated rings. The van der Waals surface area contributed by atoms with Gasteiger partial charge in [0, 0.05) is 9.90 Å². The maximum absolute atomic E-state index is 6.04. The number of nitrogens with zero attached hydrogens (tertiary/aromatic N) is 1. The molecule has 2 rings (SSSR count). The van der Waals surface area contributed by atoms with Gasteiger partial charge in [-0.15, -0.1) is 11.3 Å². The van der Waals surface area contributed by atoms with Crippen molar-refractivity contribution < 1.29 is 0 Å². The third-order valence-corrected chi connectivity index (χ3v) is 4.05. The standard InChI is InChI=1S/C13H15ClN2S/c1-8-13(17-9(2)16-8)12(15-3)10-5-4-6-11(14)7-10/h4-7,12,15H,1-3H3. The first-order valence-corrected chi connectivity index (χ1v) is 6.68. The van der Waals surface area contributed by atoms with Crippen molar-refractivity contribution in [3.63, 3.8) is 0 Å². The fourth-order valence-electron chi connectivity index (χ4n) is 1.95. The molecule has 1 aromatic carbocycles. The lowest BCUT2D eigenvalue weighted by molar-refractivity contribution is 0.698. The number of aromatic nitrogens is 1. The Morgan fingerprint density at radius 2 is 2.12 bits per heavy atom. The highest BCUT2D eigenvalue weighted by Crippen LogP contribution is 2.30. The highest BCUT2D eigenvalue weighted by Gasteiger charge is 2.17. The molecule has 0 aliphatic rings. The van der Waals surface area contributed by atoms with E-state index in [4.69, 9.17) is 11.6 Å². The lowest BCUT2D eigenvalue weighted by atomic mass is 10.0. The molecule has 0 amide bonds. The minimum Gasteiger partial charge on any atom is -0.309 e.